The molecule has 1 saturated heterocycles. The van der Waals surface area contributed by atoms with Gasteiger partial charge in [0.15, 0.2) is 5.13 Å². The van der Waals surface area contributed by atoms with Crippen LogP contribution in [0.3, 0.4) is 0 Å². The normalized spacial score (nSPS) is 14.2. The molecule has 8 heteroatoms. The van der Waals surface area contributed by atoms with Gasteiger partial charge in [-0.05, 0) is 22.9 Å². The van der Waals surface area contributed by atoms with Crippen molar-refractivity contribution in [2.45, 2.75) is 0 Å². The fourth-order valence-electron chi connectivity index (χ4n) is 3.90. The molecule has 2 heterocycles. The van der Waals surface area contributed by atoms with Gasteiger partial charge in [0.25, 0.3) is 5.69 Å². The van der Waals surface area contributed by atoms with Crippen LogP contribution in [-0.2, 0) is 0 Å². The van der Waals surface area contributed by atoms with Gasteiger partial charge in [-0.2, -0.15) is 0 Å². The summed E-state index contributed by atoms with van der Waals surface area (Å²) >= 11 is 7.96. The predicted molar refractivity (Wildman–Crippen MR) is 128 cm³/mol. The highest BCUT2D eigenvalue weighted by atomic mass is 35.5. The predicted octanol–water partition coefficient (Wildman–Crippen LogP) is 5.85. The third-order valence-electron chi connectivity index (χ3n) is 5.57. The second kappa shape index (κ2) is 8.17. The summed E-state index contributed by atoms with van der Waals surface area (Å²) in [7, 11) is 0. The molecule has 0 aliphatic carbocycles. The van der Waals surface area contributed by atoms with Gasteiger partial charge in [-0.1, -0.05) is 48.0 Å². The van der Waals surface area contributed by atoms with Gasteiger partial charge in [0.1, 0.15) is 0 Å². The van der Waals surface area contributed by atoms with E-state index in [2.05, 4.69) is 51.6 Å². The number of hydrogen-bond acceptors (Lipinski definition) is 6. The standard InChI is InChI=1S/C23H19ClN4O2S/c24-20-14-19(28(29)30)7-8-22(20)26-9-11-27(12-10-26)23-25-21(15-31-23)18-6-5-16-3-1-2-4-17(16)13-18/h1-8,13-15H,9-12H2. The van der Waals surface area contributed by atoms with Crippen molar-refractivity contribution >= 4 is 50.2 Å². The molecule has 0 saturated carbocycles. The first-order chi connectivity index (χ1) is 15.1. The fraction of sp³-hybridized carbons (Fsp3) is 0.174. The first-order valence-corrected chi connectivity index (χ1v) is 11.2. The summed E-state index contributed by atoms with van der Waals surface area (Å²) in [6.45, 7) is 3.20. The maximum absolute atomic E-state index is 10.9. The maximum Gasteiger partial charge on any atom is 0.271 e. The van der Waals surface area contributed by atoms with Crippen molar-refractivity contribution in [3.63, 3.8) is 0 Å². The molecule has 0 spiro atoms. The molecule has 5 rings (SSSR count). The molecule has 1 fully saturated rings. The summed E-state index contributed by atoms with van der Waals surface area (Å²) in [6.07, 6.45) is 0. The zero-order valence-electron chi connectivity index (χ0n) is 16.6. The SMILES string of the molecule is O=[N+]([O-])c1ccc(N2CCN(c3nc(-c4ccc5ccccc5c4)cs3)CC2)c(Cl)c1. The van der Waals surface area contributed by atoms with Gasteiger partial charge in [-0.15, -0.1) is 11.3 Å². The van der Waals surface area contributed by atoms with Crippen LogP contribution in [0, 0.1) is 10.1 Å². The molecule has 1 aromatic heterocycles. The monoisotopic (exact) mass is 450 g/mol. The van der Waals surface area contributed by atoms with Crippen LogP contribution in [0.5, 0.6) is 0 Å². The second-order valence-electron chi connectivity index (χ2n) is 7.44. The Balaban J connectivity index is 1.29. The van der Waals surface area contributed by atoms with Gasteiger partial charge in [-0.3, -0.25) is 10.1 Å². The van der Waals surface area contributed by atoms with Crippen molar-refractivity contribution in [2.75, 3.05) is 36.0 Å². The molecule has 4 aromatic rings. The highest BCUT2D eigenvalue weighted by Crippen LogP contribution is 2.33. The number of nitro groups is 1. The van der Waals surface area contributed by atoms with Crippen molar-refractivity contribution < 1.29 is 4.92 Å². The van der Waals surface area contributed by atoms with E-state index in [1.54, 1.807) is 17.4 Å². The number of benzene rings is 3. The van der Waals surface area contributed by atoms with Crippen molar-refractivity contribution in [3.8, 4) is 11.3 Å². The lowest BCUT2D eigenvalue weighted by Gasteiger charge is -2.36. The first-order valence-electron chi connectivity index (χ1n) is 9.97. The molecule has 31 heavy (non-hydrogen) atoms. The Kier molecular flexibility index (Phi) is 5.21. The van der Waals surface area contributed by atoms with E-state index in [9.17, 15) is 10.1 Å². The highest BCUT2D eigenvalue weighted by molar-refractivity contribution is 7.14. The maximum atomic E-state index is 10.9. The number of non-ortho nitro benzene ring substituents is 1. The van der Waals surface area contributed by atoms with Crippen molar-refractivity contribution in [1.82, 2.24) is 4.98 Å². The topological polar surface area (TPSA) is 62.5 Å². The molecular weight excluding hydrogens is 432 g/mol. The summed E-state index contributed by atoms with van der Waals surface area (Å²) in [5.74, 6) is 0. The third kappa shape index (κ3) is 3.94. The average molecular weight is 451 g/mol. The molecule has 0 radical (unpaired) electrons. The summed E-state index contributed by atoms with van der Waals surface area (Å²) in [5, 5.41) is 16.9. The number of halogens is 1. The number of aromatic nitrogens is 1. The quantitative estimate of drug-likeness (QED) is 0.288. The largest absolute Gasteiger partial charge is 0.367 e. The average Bonchev–Trinajstić information content (AvgIpc) is 3.29. The van der Waals surface area contributed by atoms with Crippen LogP contribution in [0.15, 0.2) is 66.0 Å². The Bertz CT molecular complexity index is 1270. The number of fused-ring (bicyclic) bond motifs is 1. The summed E-state index contributed by atoms with van der Waals surface area (Å²) in [5.41, 5.74) is 2.96. The number of nitrogens with zero attached hydrogens (tertiary/aromatic N) is 4. The van der Waals surface area contributed by atoms with Gasteiger partial charge < -0.3 is 9.80 Å². The number of hydrogen-bond donors (Lipinski definition) is 0. The van der Waals surface area contributed by atoms with Gasteiger partial charge in [-0.25, -0.2) is 4.98 Å². The lowest BCUT2D eigenvalue weighted by molar-refractivity contribution is -0.384. The van der Waals surface area contributed by atoms with Crippen molar-refractivity contribution in [2.24, 2.45) is 0 Å². The van der Waals surface area contributed by atoms with E-state index in [-0.39, 0.29) is 5.69 Å². The molecule has 0 atom stereocenters. The molecule has 0 bridgehead atoms. The number of rotatable bonds is 4. The minimum absolute atomic E-state index is 0.0105. The lowest BCUT2D eigenvalue weighted by atomic mass is 10.1. The van der Waals surface area contributed by atoms with Gasteiger partial charge in [0.2, 0.25) is 0 Å². The summed E-state index contributed by atoms with van der Waals surface area (Å²) in [6, 6.07) is 19.4. The summed E-state index contributed by atoms with van der Waals surface area (Å²) in [4.78, 5) is 19.8. The van der Waals surface area contributed by atoms with Gasteiger partial charge in [0.05, 0.1) is 21.3 Å². The molecule has 0 unspecified atom stereocenters. The van der Waals surface area contributed by atoms with Crippen LogP contribution >= 0.6 is 22.9 Å². The van der Waals surface area contributed by atoms with Gasteiger partial charge >= 0.3 is 0 Å². The molecule has 0 amide bonds. The van der Waals surface area contributed by atoms with E-state index in [0.29, 0.717) is 5.02 Å². The first kappa shape index (κ1) is 19.8. The lowest BCUT2D eigenvalue weighted by Crippen LogP contribution is -2.46. The Hall–Kier alpha value is -3.16. The molecule has 0 N–H and O–H groups in total. The van der Waals surface area contributed by atoms with E-state index >= 15 is 0 Å². The summed E-state index contributed by atoms with van der Waals surface area (Å²) < 4.78 is 0. The molecular formula is C23H19ClN4O2S. The minimum Gasteiger partial charge on any atom is -0.367 e. The third-order valence-corrected chi connectivity index (χ3v) is 6.77. The van der Waals surface area contributed by atoms with Crippen LogP contribution in [-0.4, -0.2) is 36.1 Å². The van der Waals surface area contributed by atoms with E-state index in [4.69, 9.17) is 16.6 Å². The molecule has 1 aliphatic heterocycles. The molecule has 156 valence electrons. The number of anilines is 2. The molecule has 6 nitrogen and oxygen atoms in total. The molecule has 3 aromatic carbocycles. The van der Waals surface area contributed by atoms with Crippen LogP contribution < -0.4 is 9.80 Å². The zero-order chi connectivity index (χ0) is 21.4. The molecule has 1 aliphatic rings. The van der Waals surface area contributed by atoms with Crippen LogP contribution in [0.25, 0.3) is 22.0 Å². The Labute approximate surface area is 188 Å². The van der Waals surface area contributed by atoms with Crippen LogP contribution in [0.2, 0.25) is 5.02 Å². The van der Waals surface area contributed by atoms with Crippen molar-refractivity contribution in [1.29, 1.82) is 0 Å². The number of piperazine rings is 1. The zero-order valence-corrected chi connectivity index (χ0v) is 18.1. The Morgan fingerprint density at radius 3 is 2.42 bits per heavy atom. The minimum atomic E-state index is -0.427. The Morgan fingerprint density at radius 2 is 1.68 bits per heavy atom. The number of nitro benzene ring substituents is 1. The van der Waals surface area contributed by atoms with E-state index in [1.807, 2.05) is 6.07 Å². The second-order valence-corrected chi connectivity index (χ2v) is 8.69. The van der Waals surface area contributed by atoms with E-state index in [1.165, 1.54) is 22.9 Å². The fourth-order valence-corrected chi connectivity index (χ4v) is 5.08. The highest BCUT2D eigenvalue weighted by Gasteiger charge is 2.22. The van der Waals surface area contributed by atoms with E-state index in [0.717, 1.165) is 48.3 Å². The van der Waals surface area contributed by atoms with Crippen LogP contribution in [0.4, 0.5) is 16.5 Å². The number of thiazole rings is 1. The van der Waals surface area contributed by atoms with E-state index < -0.39 is 4.92 Å². The van der Waals surface area contributed by atoms with Crippen molar-refractivity contribution in [3.05, 3.63) is 81.2 Å². The Morgan fingerprint density at radius 1 is 0.935 bits per heavy atom. The van der Waals surface area contributed by atoms with Gasteiger partial charge in [0, 0.05) is 49.3 Å². The van der Waals surface area contributed by atoms with Crippen LogP contribution in [0.1, 0.15) is 0 Å². The smallest absolute Gasteiger partial charge is 0.271 e.